The molecule has 0 atom stereocenters. The van der Waals surface area contributed by atoms with Crippen LogP contribution in [0.1, 0.15) is 26.8 Å². The van der Waals surface area contributed by atoms with E-state index >= 15 is 0 Å². The number of nitrogens with one attached hydrogen (secondary N) is 2. The van der Waals surface area contributed by atoms with Gasteiger partial charge >= 0.3 is 0 Å². The van der Waals surface area contributed by atoms with E-state index in [1.165, 1.54) is 4.88 Å². The number of ether oxygens (including phenoxy) is 1. The molecule has 1 aromatic carbocycles. The third kappa shape index (κ3) is 5.79. The molecule has 0 aliphatic rings. The number of benzene rings is 1. The van der Waals surface area contributed by atoms with Crippen molar-refractivity contribution in [2.45, 2.75) is 33.5 Å². The number of nitrogens with zero attached hydrogens (tertiary/aromatic N) is 3. The standard InChI is InChI=1S/C21H25N5OS/c1-15-20(28-16(2)26-15)13-25-21(22-3)24-12-17-7-9-19(10-8-17)27-14-18-6-4-5-11-23-18/h4-11H,12-14H2,1-3H3,(H2,22,24,25). The SMILES string of the molecule is CN=C(NCc1ccc(OCc2ccccn2)cc1)NCc1sc(C)nc1C. The molecule has 3 rings (SSSR count). The summed E-state index contributed by atoms with van der Waals surface area (Å²) in [6, 6.07) is 13.8. The molecule has 0 spiro atoms. The zero-order valence-electron chi connectivity index (χ0n) is 16.4. The Kier molecular flexibility index (Phi) is 6.97. The summed E-state index contributed by atoms with van der Waals surface area (Å²) < 4.78 is 5.77. The first-order chi connectivity index (χ1) is 13.6. The van der Waals surface area contributed by atoms with Crippen molar-refractivity contribution in [2.75, 3.05) is 7.05 Å². The van der Waals surface area contributed by atoms with Crippen LogP contribution in [0.2, 0.25) is 0 Å². The Morgan fingerprint density at radius 2 is 1.86 bits per heavy atom. The first-order valence-corrected chi connectivity index (χ1v) is 9.95. The molecular weight excluding hydrogens is 370 g/mol. The maximum atomic E-state index is 5.77. The van der Waals surface area contributed by atoms with E-state index in [9.17, 15) is 0 Å². The molecule has 0 fully saturated rings. The molecule has 2 N–H and O–H groups in total. The van der Waals surface area contributed by atoms with Crippen LogP contribution in [0.25, 0.3) is 0 Å². The van der Waals surface area contributed by atoms with Crippen molar-refractivity contribution in [3.05, 3.63) is 75.5 Å². The number of thiazole rings is 1. The molecule has 0 saturated heterocycles. The molecule has 7 heteroatoms. The van der Waals surface area contributed by atoms with Gasteiger partial charge in [-0.2, -0.15) is 0 Å². The molecule has 0 amide bonds. The highest BCUT2D eigenvalue weighted by molar-refractivity contribution is 7.11. The third-order valence-electron chi connectivity index (χ3n) is 4.14. The lowest BCUT2D eigenvalue weighted by Gasteiger charge is -2.12. The van der Waals surface area contributed by atoms with Crippen LogP contribution in [0.3, 0.4) is 0 Å². The molecule has 146 valence electrons. The highest BCUT2D eigenvalue weighted by Gasteiger charge is 2.06. The highest BCUT2D eigenvalue weighted by atomic mass is 32.1. The fourth-order valence-corrected chi connectivity index (χ4v) is 3.53. The molecule has 6 nitrogen and oxygen atoms in total. The Bertz CT molecular complexity index is 906. The summed E-state index contributed by atoms with van der Waals surface area (Å²) in [5, 5.41) is 7.76. The lowest BCUT2D eigenvalue weighted by Crippen LogP contribution is -2.36. The lowest BCUT2D eigenvalue weighted by atomic mass is 10.2. The van der Waals surface area contributed by atoms with Crippen molar-refractivity contribution in [2.24, 2.45) is 4.99 Å². The Balaban J connectivity index is 1.46. The average molecular weight is 396 g/mol. The van der Waals surface area contributed by atoms with E-state index in [4.69, 9.17) is 4.74 Å². The van der Waals surface area contributed by atoms with Crippen LogP contribution >= 0.6 is 11.3 Å². The maximum absolute atomic E-state index is 5.77. The third-order valence-corrected chi connectivity index (χ3v) is 5.21. The number of aliphatic imine (C=N–C) groups is 1. The van der Waals surface area contributed by atoms with Gasteiger partial charge in [-0.3, -0.25) is 9.98 Å². The van der Waals surface area contributed by atoms with Crippen LogP contribution in [-0.4, -0.2) is 23.0 Å². The summed E-state index contributed by atoms with van der Waals surface area (Å²) in [6.45, 7) is 5.93. The van der Waals surface area contributed by atoms with Crippen molar-refractivity contribution >= 4 is 17.3 Å². The quantitative estimate of drug-likeness (QED) is 0.472. The van der Waals surface area contributed by atoms with Crippen molar-refractivity contribution in [3.8, 4) is 5.75 Å². The summed E-state index contributed by atoms with van der Waals surface area (Å²) in [5.74, 6) is 1.59. The number of hydrogen-bond donors (Lipinski definition) is 2. The summed E-state index contributed by atoms with van der Waals surface area (Å²) in [6.07, 6.45) is 1.77. The monoisotopic (exact) mass is 395 g/mol. The van der Waals surface area contributed by atoms with E-state index in [1.54, 1.807) is 24.6 Å². The van der Waals surface area contributed by atoms with E-state index in [-0.39, 0.29) is 0 Å². The minimum atomic E-state index is 0.464. The molecule has 2 aromatic heterocycles. The predicted molar refractivity (Wildman–Crippen MR) is 114 cm³/mol. The topological polar surface area (TPSA) is 71.4 Å². The van der Waals surface area contributed by atoms with Crippen molar-refractivity contribution in [3.63, 3.8) is 0 Å². The van der Waals surface area contributed by atoms with E-state index in [0.29, 0.717) is 13.2 Å². The summed E-state index contributed by atoms with van der Waals surface area (Å²) >= 11 is 1.71. The zero-order chi connectivity index (χ0) is 19.8. The van der Waals surface area contributed by atoms with Gasteiger partial charge in [-0.05, 0) is 43.7 Å². The average Bonchev–Trinajstić information content (AvgIpc) is 3.05. The number of aryl methyl sites for hydroxylation is 2. The predicted octanol–water partition coefficient (Wildman–Crippen LogP) is 3.60. The molecule has 0 aliphatic carbocycles. The Labute approximate surface area is 169 Å². The van der Waals surface area contributed by atoms with Crippen molar-refractivity contribution in [1.29, 1.82) is 0 Å². The molecule has 0 bridgehead atoms. The normalized spacial score (nSPS) is 11.3. The molecule has 3 aromatic rings. The van der Waals surface area contributed by atoms with Gasteiger partial charge in [-0.15, -0.1) is 11.3 Å². The van der Waals surface area contributed by atoms with Crippen LogP contribution in [0.4, 0.5) is 0 Å². The van der Waals surface area contributed by atoms with Gasteiger partial charge in [0.1, 0.15) is 12.4 Å². The molecule has 0 aliphatic heterocycles. The molecular formula is C21H25N5OS. The molecule has 2 heterocycles. The Hall–Kier alpha value is -2.93. The van der Waals surface area contributed by atoms with E-state index in [2.05, 4.69) is 25.6 Å². The lowest BCUT2D eigenvalue weighted by molar-refractivity contribution is 0.301. The van der Waals surface area contributed by atoms with Gasteiger partial charge < -0.3 is 15.4 Å². The largest absolute Gasteiger partial charge is 0.487 e. The molecule has 0 radical (unpaired) electrons. The van der Waals surface area contributed by atoms with Gasteiger partial charge in [-0.25, -0.2) is 4.98 Å². The van der Waals surface area contributed by atoms with Crippen LogP contribution in [0, 0.1) is 13.8 Å². The van der Waals surface area contributed by atoms with E-state index < -0.39 is 0 Å². The number of hydrogen-bond acceptors (Lipinski definition) is 5. The minimum Gasteiger partial charge on any atom is -0.487 e. The van der Waals surface area contributed by atoms with Crippen LogP contribution < -0.4 is 15.4 Å². The van der Waals surface area contributed by atoms with Gasteiger partial charge in [-0.1, -0.05) is 18.2 Å². The summed E-state index contributed by atoms with van der Waals surface area (Å²) in [7, 11) is 1.77. The van der Waals surface area contributed by atoms with Crippen molar-refractivity contribution in [1.82, 2.24) is 20.6 Å². The Morgan fingerprint density at radius 3 is 2.50 bits per heavy atom. The molecule has 0 unspecified atom stereocenters. The first-order valence-electron chi connectivity index (χ1n) is 9.13. The van der Waals surface area contributed by atoms with Crippen LogP contribution in [0.5, 0.6) is 5.75 Å². The van der Waals surface area contributed by atoms with Gasteiger partial charge in [0.2, 0.25) is 0 Å². The van der Waals surface area contributed by atoms with E-state index in [0.717, 1.165) is 40.2 Å². The minimum absolute atomic E-state index is 0.464. The number of guanidine groups is 1. The maximum Gasteiger partial charge on any atom is 0.191 e. The van der Waals surface area contributed by atoms with Gasteiger partial charge in [0.15, 0.2) is 5.96 Å². The Morgan fingerprint density at radius 1 is 1.07 bits per heavy atom. The second kappa shape index (κ2) is 9.85. The molecule has 0 saturated carbocycles. The number of rotatable bonds is 7. The second-order valence-corrected chi connectivity index (χ2v) is 7.56. The van der Waals surface area contributed by atoms with Gasteiger partial charge in [0.05, 0.1) is 22.9 Å². The van der Waals surface area contributed by atoms with Gasteiger partial charge in [0.25, 0.3) is 0 Å². The molecule has 28 heavy (non-hydrogen) atoms. The summed E-state index contributed by atoms with van der Waals surface area (Å²) in [4.78, 5) is 14.2. The van der Waals surface area contributed by atoms with Crippen molar-refractivity contribution < 1.29 is 4.74 Å². The smallest absolute Gasteiger partial charge is 0.191 e. The zero-order valence-corrected chi connectivity index (χ0v) is 17.2. The van der Waals surface area contributed by atoms with Crippen LogP contribution in [-0.2, 0) is 19.7 Å². The first kappa shape index (κ1) is 19.8. The highest BCUT2D eigenvalue weighted by Crippen LogP contribution is 2.16. The summed E-state index contributed by atoms with van der Waals surface area (Å²) in [5.41, 5.74) is 3.14. The second-order valence-electron chi connectivity index (χ2n) is 6.27. The van der Waals surface area contributed by atoms with Gasteiger partial charge in [0, 0.05) is 24.7 Å². The fourth-order valence-electron chi connectivity index (χ4n) is 2.65. The van der Waals surface area contributed by atoms with E-state index in [1.807, 2.05) is 56.3 Å². The number of pyridine rings is 1. The van der Waals surface area contributed by atoms with Crippen LogP contribution in [0.15, 0.2) is 53.7 Å². The fraction of sp³-hybridized carbons (Fsp3) is 0.286. The number of aromatic nitrogens is 2.